The number of ether oxygens (including phenoxy) is 2. The first kappa shape index (κ1) is 13.2. The number of nitrogens with zero attached hydrogens (tertiary/aromatic N) is 1. The molecule has 2 heterocycles. The summed E-state index contributed by atoms with van der Waals surface area (Å²) in [6.07, 6.45) is 1.91. The van der Waals surface area contributed by atoms with Crippen LogP contribution in [0.1, 0.15) is 23.2 Å². The minimum Gasteiger partial charge on any atom is -0.486 e. The molecule has 1 saturated heterocycles. The summed E-state index contributed by atoms with van der Waals surface area (Å²) in [5.74, 6) is 1.34. The van der Waals surface area contributed by atoms with Crippen LogP contribution in [0.2, 0.25) is 0 Å². The van der Waals surface area contributed by atoms with Crippen molar-refractivity contribution in [3.8, 4) is 11.5 Å². The normalized spacial score (nSPS) is 21.6. The van der Waals surface area contributed by atoms with Gasteiger partial charge in [0.15, 0.2) is 11.5 Å². The van der Waals surface area contributed by atoms with E-state index in [0.717, 1.165) is 19.4 Å². The van der Waals surface area contributed by atoms with Crippen LogP contribution >= 0.6 is 0 Å². The number of likely N-dealkylation sites (tertiary alicyclic amines) is 1. The topological polar surface area (TPSA) is 59.0 Å². The number of carbonyl (C=O) groups excluding carboxylic acids is 1. The third kappa shape index (κ3) is 2.45. The maximum absolute atomic E-state index is 12.6. The molecule has 3 rings (SSSR count). The van der Waals surface area contributed by atoms with Gasteiger partial charge in [-0.25, -0.2) is 0 Å². The second-order valence-electron chi connectivity index (χ2n) is 5.27. The molecule has 5 heteroatoms. The largest absolute Gasteiger partial charge is 0.486 e. The van der Waals surface area contributed by atoms with Gasteiger partial charge in [-0.2, -0.15) is 0 Å². The molecule has 5 nitrogen and oxygen atoms in total. The number of benzene rings is 1. The molecule has 2 aliphatic rings. The quantitative estimate of drug-likeness (QED) is 0.885. The highest BCUT2D eigenvalue weighted by molar-refractivity contribution is 5.98. The standard InChI is InChI=1S/C15H19NO4/c17-10-11-3-2-6-16(9-11)15(18)12-4-1-5-13-14(12)20-8-7-19-13/h1,4-5,11,17H,2-3,6-10H2/t11-/m0/s1. The van der Waals surface area contributed by atoms with E-state index in [4.69, 9.17) is 9.47 Å². The molecule has 0 spiro atoms. The third-order valence-electron chi connectivity index (χ3n) is 3.86. The lowest BCUT2D eigenvalue weighted by Gasteiger charge is -2.32. The number of aliphatic hydroxyl groups is 1. The van der Waals surface area contributed by atoms with Crippen LogP contribution in [-0.2, 0) is 0 Å². The van der Waals surface area contributed by atoms with E-state index in [1.165, 1.54) is 0 Å². The summed E-state index contributed by atoms with van der Waals surface area (Å²) in [4.78, 5) is 14.4. The van der Waals surface area contributed by atoms with Gasteiger partial charge >= 0.3 is 0 Å². The molecule has 1 fully saturated rings. The van der Waals surface area contributed by atoms with Crippen molar-refractivity contribution in [3.05, 3.63) is 23.8 Å². The first-order chi connectivity index (χ1) is 9.79. The van der Waals surface area contributed by atoms with Gasteiger partial charge in [0.2, 0.25) is 0 Å². The van der Waals surface area contributed by atoms with E-state index in [-0.39, 0.29) is 18.4 Å². The second-order valence-corrected chi connectivity index (χ2v) is 5.27. The van der Waals surface area contributed by atoms with Crippen molar-refractivity contribution in [2.24, 2.45) is 5.92 Å². The van der Waals surface area contributed by atoms with Crippen LogP contribution in [0, 0.1) is 5.92 Å². The Morgan fingerprint density at radius 3 is 3.05 bits per heavy atom. The number of carbonyl (C=O) groups is 1. The van der Waals surface area contributed by atoms with Crippen molar-refractivity contribution in [2.45, 2.75) is 12.8 Å². The van der Waals surface area contributed by atoms with Crippen molar-refractivity contribution < 1.29 is 19.4 Å². The molecule has 1 N–H and O–H groups in total. The Labute approximate surface area is 118 Å². The lowest BCUT2D eigenvalue weighted by molar-refractivity contribution is 0.0612. The summed E-state index contributed by atoms with van der Waals surface area (Å²) < 4.78 is 11.1. The van der Waals surface area contributed by atoms with Crippen molar-refractivity contribution in [1.29, 1.82) is 0 Å². The summed E-state index contributed by atoms with van der Waals surface area (Å²) in [5, 5.41) is 9.27. The maximum atomic E-state index is 12.6. The number of para-hydroxylation sites is 1. The highest BCUT2D eigenvalue weighted by atomic mass is 16.6. The molecule has 1 atom stereocenters. The lowest BCUT2D eigenvalue weighted by Crippen LogP contribution is -2.41. The Morgan fingerprint density at radius 2 is 2.20 bits per heavy atom. The average Bonchev–Trinajstić information content (AvgIpc) is 2.53. The third-order valence-corrected chi connectivity index (χ3v) is 3.86. The van der Waals surface area contributed by atoms with E-state index < -0.39 is 0 Å². The summed E-state index contributed by atoms with van der Waals surface area (Å²) in [6, 6.07) is 5.41. The van der Waals surface area contributed by atoms with Crippen LogP contribution < -0.4 is 9.47 Å². The number of piperidine rings is 1. The molecule has 0 saturated carbocycles. The predicted molar refractivity (Wildman–Crippen MR) is 73.1 cm³/mol. The molecule has 0 bridgehead atoms. The fourth-order valence-corrected chi connectivity index (χ4v) is 2.81. The molecule has 0 aliphatic carbocycles. The van der Waals surface area contributed by atoms with Gasteiger partial charge in [-0.3, -0.25) is 4.79 Å². The Balaban J connectivity index is 1.83. The van der Waals surface area contributed by atoms with E-state index in [0.29, 0.717) is 36.8 Å². The van der Waals surface area contributed by atoms with Crippen LogP contribution in [0.3, 0.4) is 0 Å². The van der Waals surface area contributed by atoms with Crippen LogP contribution in [0.25, 0.3) is 0 Å². The van der Waals surface area contributed by atoms with Crippen LogP contribution in [-0.4, -0.2) is 48.8 Å². The Hall–Kier alpha value is -1.75. The number of hydrogen-bond donors (Lipinski definition) is 1. The van der Waals surface area contributed by atoms with Gasteiger partial charge in [0, 0.05) is 19.7 Å². The predicted octanol–water partition coefficient (Wildman–Crippen LogP) is 1.30. The van der Waals surface area contributed by atoms with E-state index >= 15 is 0 Å². The van der Waals surface area contributed by atoms with Gasteiger partial charge in [-0.1, -0.05) is 6.07 Å². The van der Waals surface area contributed by atoms with Crippen LogP contribution in [0.15, 0.2) is 18.2 Å². The second kappa shape index (κ2) is 5.71. The van der Waals surface area contributed by atoms with E-state index in [1.54, 1.807) is 11.0 Å². The van der Waals surface area contributed by atoms with Gasteiger partial charge in [0.05, 0.1) is 5.56 Å². The number of amides is 1. The fraction of sp³-hybridized carbons (Fsp3) is 0.533. The molecule has 1 amide bonds. The molecule has 0 aromatic heterocycles. The molecular weight excluding hydrogens is 258 g/mol. The number of hydrogen-bond acceptors (Lipinski definition) is 4. The van der Waals surface area contributed by atoms with Crippen molar-refractivity contribution in [2.75, 3.05) is 32.9 Å². The fourth-order valence-electron chi connectivity index (χ4n) is 2.81. The van der Waals surface area contributed by atoms with Crippen molar-refractivity contribution >= 4 is 5.91 Å². The molecule has 1 aromatic carbocycles. The van der Waals surface area contributed by atoms with Crippen molar-refractivity contribution in [3.63, 3.8) is 0 Å². The number of fused-ring (bicyclic) bond motifs is 1. The molecule has 20 heavy (non-hydrogen) atoms. The smallest absolute Gasteiger partial charge is 0.257 e. The van der Waals surface area contributed by atoms with Crippen molar-refractivity contribution in [1.82, 2.24) is 4.90 Å². The zero-order valence-corrected chi connectivity index (χ0v) is 11.4. The van der Waals surface area contributed by atoms with Crippen LogP contribution in [0.5, 0.6) is 11.5 Å². The number of rotatable bonds is 2. The number of aliphatic hydroxyl groups excluding tert-OH is 1. The molecule has 0 unspecified atom stereocenters. The van der Waals surface area contributed by atoms with Gasteiger partial charge in [-0.05, 0) is 30.9 Å². The van der Waals surface area contributed by atoms with Gasteiger partial charge in [0.1, 0.15) is 13.2 Å². The molecule has 108 valence electrons. The summed E-state index contributed by atoms with van der Waals surface area (Å²) >= 11 is 0. The average molecular weight is 277 g/mol. The monoisotopic (exact) mass is 277 g/mol. The minimum absolute atomic E-state index is 0.0366. The van der Waals surface area contributed by atoms with Gasteiger partial charge < -0.3 is 19.5 Å². The molecule has 2 aliphatic heterocycles. The van der Waals surface area contributed by atoms with Gasteiger partial charge in [0.25, 0.3) is 5.91 Å². The summed E-state index contributed by atoms with van der Waals surface area (Å²) in [6.45, 7) is 2.47. The SMILES string of the molecule is O=C(c1cccc2c1OCCO2)N1CCC[C@H](CO)C1. The summed E-state index contributed by atoms with van der Waals surface area (Å²) in [7, 11) is 0. The highest BCUT2D eigenvalue weighted by Gasteiger charge is 2.28. The highest BCUT2D eigenvalue weighted by Crippen LogP contribution is 2.34. The van der Waals surface area contributed by atoms with E-state index in [1.807, 2.05) is 12.1 Å². The molecule has 0 radical (unpaired) electrons. The first-order valence-corrected chi connectivity index (χ1v) is 7.08. The van der Waals surface area contributed by atoms with Gasteiger partial charge in [-0.15, -0.1) is 0 Å². The van der Waals surface area contributed by atoms with E-state index in [2.05, 4.69) is 0 Å². The summed E-state index contributed by atoms with van der Waals surface area (Å²) in [5.41, 5.74) is 0.556. The molecule has 1 aromatic rings. The Kier molecular flexibility index (Phi) is 3.78. The lowest BCUT2D eigenvalue weighted by atomic mass is 9.98. The molecular formula is C15H19NO4. The Bertz CT molecular complexity index is 503. The first-order valence-electron chi connectivity index (χ1n) is 7.08. The maximum Gasteiger partial charge on any atom is 0.257 e. The van der Waals surface area contributed by atoms with Crippen LogP contribution in [0.4, 0.5) is 0 Å². The minimum atomic E-state index is -0.0366. The zero-order valence-electron chi connectivity index (χ0n) is 11.4. The Morgan fingerprint density at radius 1 is 1.35 bits per heavy atom. The zero-order chi connectivity index (χ0) is 13.9. The van der Waals surface area contributed by atoms with E-state index in [9.17, 15) is 9.90 Å².